The lowest BCUT2D eigenvalue weighted by atomic mass is 10.1. The molecule has 0 radical (unpaired) electrons. The summed E-state index contributed by atoms with van der Waals surface area (Å²) in [6.07, 6.45) is 3.87. The topological polar surface area (TPSA) is 64.7 Å². The average Bonchev–Trinajstić information content (AvgIpc) is 3.15. The fourth-order valence-corrected chi connectivity index (χ4v) is 3.62. The number of nitrogens with zero attached hydrogens (tertiary/aromatic N) is 4. The molecule has 6 nitrogen and oxygen atoms in total. The van der Waals surface area contributed by atoms with Gasteiger partial charge in [0.05, 0.1) is 17.1 Å². The quantitative estimate of drug-likeness (QED) is 0.791. The van der Waals surface area contributed by atoms with Crippen molar-refractivity contribution in [1.82, 2.24) is 24.6 Å². The molecule has 1 aromatic carbocycles. The molecule has 1 atom stereocenters. The van der Waals surface area contributed by atoms with Gasteiger partial charge in [0.25, 0.3) is 5.91 Å². The molecule has 0 spiro atoms. The predicted molar refractivity (Wildman–Crippen MR) is 99.6 cm³/mol. The predicted octanol–water partition coefficient (Wildman–Crippen LogP) is 2.74. The molecular formula is C20H23N5O. The van der Waals surface area contributed by atoms with Crippen molar-refractivity contribution in [3.05, 3.63) is 65.0 Å². The van der Waals surface area contributed by atoms with Crippen molar-refractivity contribution >= 4 is 5.91 Å². The van der Waals surface area contributed by atoms with E-state index in [1.54, 1.807) is 0 Å². The van der Waals surface area contributed by atoms with Crippen molar-refractivity contribution in [1.29, 1.82) is 0 Å². The smallest absolute Gasteiger partial charge is 0.251 e. The summed E-state index contributed by atoms with van der Waals surface area (Å²) < 4.78 is 4.04. The van der Waals surface area contributed by atoms with Crippen LogP contribution in [0, 0.1) is 20.8 Å². The van der Waals surface area contributed by atoms with Gasteiger partial charge in [-0.2, -0.15) is 5.10 Å². The highest BCUT2D eigenvalue weighted by atomic mass is 16.1. The summed E-state index contributed by atoms with van der Waals surface area (Å²) in [6, 6.07) is 9.77. The lowest BCUT2D eigenvalue weighted by Gasteiger charge is -2.24. The van der Waals surface area contributed by atoms with Crippen molar-refractivity contribution in [3.63, 3.8) is 0 Å². The van der Waals surface area contributed by atoms with Crippen LogP contribution in [0.5, 0.6) is 0 Å². The highest BCUT2D eigenvalue weighted by molar-refractivity contribution is 5.94. The van der Waals surface area contributed by atoms with E-state index < -0.39 is 0 Å². The van der Waals surface area contributed by atoms with E-state index in [0.717, 1.165) is 48.0 Å². The standard InChI is InChI=1S/C20H23N5O/c1-13-10-15(3)25(23-13)18-7-4-16(5-8-18)20(26)22-17-6-9-19-21-14(2)11-24(19)12-17/h4-5,7-8,10-11,17H,6,9,12H2,1-3H3,(H,22,26)/t17-/m0/s1. The van der Waals surface area contributed by atoms with Gasteiger partial charge in [-0.1, -0.05) is 0 Å². The molecule has 0 bridgehead atoms. The number of nitrogens with one attached hydrogen (secondary N) is 1. The first-order valence-corrected chi connectivity index (χ1v) is 8.97. The number of imidazole rings is 1. The maximum Gasteiger partial charge on any atom is 0.251 e. The van der Waals surface area contributed by atoms with Crippen LogP contribution in [0.15, 0.2) is 36.5 Å². The van der Waals surface area contributed by atoms with Crippen LogP contribution in [0.25, 0.3) is 5.69 Å². The van der Waals surface area contributed by atoms with Gasteiger partial charge in [0.1, 0.15) is 5.82 Å². The van der Waals surface area contributed by atoms with E-state index in [9.17, 15) is 4.79 Å². The number of hydrogen-bond donors (Lipinski definition) is 1. The number of hydrogen-bond acceptors (Lipinski definition) is 3. The SMILES string of the molecule is Cc1cn2c(n1)CC[C@H](NC(=O)c1ccc(-n3nc(C)cc3C)cc1)C2. The van der Waals surface area contributed by atoms with Crippen molar-refractivity contribution in [2.75, 3.05) is 0 Å². The maximum absolute atomic E-state index is 12.6. The molecule has 6 heteroatoms. The summed E-state index contributed by atoms with van der Waals surface area (Å²) in [5.41, 5.74) is 4.72. The summed E-state index contributed by atoms with van der Waals surface area (Å²) in [6.45, 7) is 6.79. The number of fused-ring (bicyclic) bond motifs is 1. The second-order valence-corrected chi connectivity index (χ2v) is 7.05. The number of aryl methyl sites for hydroxylation is 4. The van der Waals surface area contributed by atoms with E-state index in [2.05, 4.69) is 26.2 Å². The van der Waals surface area contributed by atoms with Gasteiger partial charge in [-0.05, 0) is 57.5 Å². The number of amides is 1. The van der Waals surface area contributed by atoms with Crippen LogP contribution >= 0.6 is 0 Å². The number of rotatable bonds is 3. The van der Waals surface area contributed by atoms with Gasteiger partial charge in [-0.25, -0.2) is 9.67 Å². The van der Waals surface area contributed by atoms with Crippen LogP contribution in [-0.2, 0) is 13.0 Å². The summed E-state index contributed by atoms with van der Waals surface area (Å²) in [5, 5.41) is 7.63. The normalized spacial score (nSPS) is 16.3. The van der Waals surface area contributed by atoms with Gasteiger partial charge in [-0.3, -0.25) is 4.79 Å². The zero-order valence-corrected chi connectivity index (χ0v) is 15.4. The van der Waals surface area contributed by atoms with Gasteiger partial charge in [0.15, 0.2) is 0 Å². The van der Waals surface area contributed by atoms with Crippen LogP contribution in [0.2, 0.25) is 0 Å². The third kappa shape index (κ3) is 3.14. The van der Waals surface area contributed by atoms with Crippen LogP contribution in [0.3, 0.4) is 0 Å². The van der Waals surface area contributed by atoms with Gasteiger partial charge in [0.2, 0.25) is 0 Å². The second kappa shape index (κ2) is 6.44. The molecule has 2 aromatic heterocycles. The van der Waals surface area contributed by atoms with Crippen molar-refractivity contribution in [3.8, 4) is 5.69 Å². The summed E-state index contributed by atoms with van der Waals surface area (Å²) in [7, 11) is 0. The Bertz CT molecular complexity index is 951. The molecule has 3 aromatic rings. The molecule has 134 valence electrons. The summed E-state index contributed by atoms with van der Waals surface area (Å²) >= 11 is 0. The van der Waals surface area contributed by atoms with E-state index >= 15 is 0 Å². The molecule has 1 N–H and O–H groups in total. The summed E-state index contributed by atoms with van der Waals surface area (Å²) in [4.78, 5) is 17.1. The number of benzene rings is 1. The largest absolute Gasteiger partial charge is 0.347 e. The maximum atomic E-state index is 12.6. The van der Waals surface area contributed by atoms with Crippen LogP contribution in [-0.4, -0.2) is 31.3 Å². The van der Waals surface area contributed by atoms with Crippen molar-refractivity contribution in [2.45, 2.75) is 46.2 Å². The highest BCUT2D eigenvalue weighted by Gasteiger charge is 2.21. The number of carbonyl (C=O) groups excluding carboxylic acids is 1. The molecule has 0 unspecified atom stereocenters. The molecule has 0 aliphatic carbocycles. The molecule has 4 rings (SSSR count). The van der Waals surface area contributed by atoms with Crippen LogP contribution in [0.1, 0.15) is 39.7 Å². The molecule has 0 saturated heterocycles. The van der Waals surface area contributed by atoms with E-state index in [1.807, 2.05) is 55.8 Å². The van der Waals surface area contributed by atoms with Gasteiger partial charge >= 0.3 is 0 Å². The fourth-order valence-electron chi connectivity index (χ4n) is 3.62. The Hall–Kier alpha value is -2.89. The molecule has 1 aliphatic heterocycles. The third-order valence-corrected chi connectivity index (χ3v) is 4.83. The first kappa shape index (κ1) is 16.6. The van der Waals surface area contributed by atoms with Gasteiger partial charge in [0, 0.05) is 36.5 Å². The lowest BCUT2D eigenvalue weighted by molar-refractivity contribution is 0.0927. The Morgan fingerprint density at radius 3 is 2.62 bits per heavy atom. The minimum Gasteiger partial charge on any atom is -0.347 e. The molecule has 1 aliphatic rings. The van der Waals surface area contributed by atoms with Gasteiger partial charge < -0.3 is 9.88 Å². The van der Waals surface area contributed by atoms with E-state index in [0.29, 0.717) is 5.56 Å². The van der Waals surface area contributed by atoms with E-state index in [4.69, 9.17) is 0 Å². The van der Waals surface area contributed by atoms with Gasteiger partial charge in [-0.15, -0.1) is 0 Å². The Morgan fingerprint density at radius 2 is 1.92 bits per heavy atom. The molecule has 0 saturated carbocycles. The zero-order valence-electron chi connectivity index (χ0n) is 15.4. The highest BCUT2D eigenvalue weighted by Crippen LogP contribution is 2.17. The van der Waals surface area contributed by atoms with Crippen molar-refractivity contribution < 1.29 is 4.79 Å². The average molecular weight is 349 g/mol. The lowest BCUT2D eigenvalue weighted by Crippen LogP contribution is -2.40. The minimum absolute atomic E-state index is 0.0322. The first-order chi connectivity index (χ1) is 12.5. The van der Waals surface area contributed by atoms with Crippen LogP contribution < -0.4 is 5.32 Å². The Balaban J connectivity index is 1.45. The zero-order chi connectivity index (χ0) is 18.3. The molecule has 3 heterocycles. The van der Waals surface area contributed by atoms with E-state index in [-0.39, 0.29) is 11.9 Å². The van der Waals surface area contributed by atoms with E-state index in [1.165, 1.54) is 0 Å². The monoisotopic (exact) mass is 349 g/mol. The molecule has 1 amide bonds. The molecule has 26 heavy (non-hydrogen) atoms. The van der Waals surface area contributed by atoms with Crippen LogP contribution in [0.4, 0.5) is 0 Å². The van der Waals surface area contributed by atoms with Crippen molar-refractivity contribution in [2.24, 2.45) is 0 Å². The third-order valence-electron chi connectivity index (χ3n) is 4.83. The summed E-state index contributed by atoms with van der Waals surface area (Å²) in [5.74, 6) is 1.08. The second-order valence-electron chi connectivity index (χ2n) is 7.05. The Labute approximate surface area is 152 Å². The minimum atomic E-state index is -0.0322. The fraction of sp³-hybridized carbons (Fsp3) is 0.350. The number of carbonyl (C=O) groups is 1. The molecule has 0 fully saturated rings. The first-order valence-electron chi connectivity index (χ1n) is 8.97. The molecular weight excluding hydrogens is 326 g/mol. The number of aromatic nitrogens is 4. The Kier molecular flexibility index (Phi) is 4.11. The Morgan fingerprint density at radius 1 is 1.15 bits per heavy atom.